The van der Waals surface area contributed by atoms with Gasteiger partial charge in [-0.15, -0.1) is 11.3 Å². The molecule has 2 fully saturated rings. The summed E-state index contributed by atoms with van der Waals surface area (Å²) in [4.78, 5) is 16.3. The molecular formula is C16H24N2O2S. The molecule has 0 aromatic carbocycles. The summed E-state index contributed by atoms with van der Waals surface area (Å²) in [6.07, 6.45) is 4.29. The second-order valence-corrected chi connectivity index (χ2v) is 7.35. The molecule has 1 amide bonds. The van der Waals surface area contributed by atoms with Gasteiger partial charge in [0.25, 0.3) is 0 Å². The van der Waals surface area contributed by atoms with Gasteiger partial charge in [-0.3, -0.25) is 10.1 Å². The van der Waals surface area contributed by atoms with E-state index in [1.54, 1.807) is 18.4 Å². The number of hydrogen-bond acceptors (Lipinski definition) is 4. The van der Waals surface area contributed by atoms with Gasteiger partial charge in [0.1, 0.15) is 6.17 Å². The number of amides is 1. The van der Waals surface area contributed by atoms with Gasteiger partial charge in [-0.05, 0) is 30.2 Å². The molecule has 1 aliphatic carbocycles. The van der Waals surface area contributed by atoms with Crippen LogP contribution in [0.25, 0.3) is 0 Å². The van der Waals surface area contributed by atoms with Crippen LogP contribution < -0.4 is 5.32 Å². The van der Waals surface area contributed by atoms with E-state index < -0.39 is 0 Å². The molecule has 116 valence electrons. The van der Waals surface area contributed by atoms with Crippen LogP contribution in [0.2, 0.25) is 0 Å². The fourth-order valence-electron chi connectivity index (χ4n) is 3.66. The van der Waals surface area contributed by atoms with Gasteiger partial charge in [0.15, 0.2) is 0 Å². The van der Waals surface area contributed by atoms with E-state index in [1.165, 1.54) is 4.88 Å². The van der Waals surface area contributed by atoms with Crippen molar-refractivity contribution in [2.75, 3.05) is 20.3 Å². The third-order valence-corrected chi connectivity index (χ3v) is 5.55. The standard InChI is InChI=1S/C16H24N2O2S/c1-12(11-20-2)10-18-14(13-6-5-9-21-13)17-16(15(18)19)7-3-4-8-16/h5-6,9,12,14,17H,3-4,7-8,10-11H2,1-2H3. The van der Waals surface area contributed by atoms with Crippen LogP contribution in [0.1, 0.15) is 43.6 Å². The van der Waals surface area contributed by atoms with E-state index in [-0.39, 0.29) is 11.7 Å². The average Bonchev–Trinajstić information content (AvgIpc) is 3.17. The maximum absolute atomic E-state index is 13.0. The second-order valence-electron chi connectivity index (χ2n) is 6.37. The Balaban J connectivity index is 1.83. The topological polar surface area (TPSA) is 41.6 Å². The lowest BCUT2D eigenvalue weighted by molar-refractivity contribution is -0.134. The molecule has 1 aliphatic heterocycles. The maximum atomic E-state index is 13.0. The monoisotopic (exact) mass is 308 g/mol. The first-order valence-electron chi connectivity index (χ1n) is 7.77. The molecule has 0 radical (unpaired) electrons. The highest BCUT2D eigenvalue weighted by Crippen LogP contribution is 2.41. The van der Waals surface area contributed by atoms with E-state index in [9.17, 15) is 4.79 Å². The Bertz CT molecular complexity index is 482. The molecule has 1 aromatic rings. The smallest absolute Gasteiger partial charge is 0.244 e. The van der Waals surface area contributed by atoms with Gasteiger partial charge in [-0.25, -0.2) is 0 Å². The molecule has 4 nitrogen and oxygen atoms in total. The molecule has 1 spiro atoms. The van der Waals surface area contributed by atoms with Crippen LogP contribution in [0.4, 0.5) is 0 Å². The van der Waals surface area contributed by atoms with Crippen LogP contribution in [-0.4, -0.2) is 36.6 Å². The van der Waals surface area contributed by atoms with Crippen LogP contribution >= 0.6 is 11.3 Å². The van der Waals surface area contributed by atoms with Crippen molar-refractivity contribution in [2.24, 2.45) is 5.92 Å². The van der Waals surface area contributed by atoms with Crippen LogP contribution in [-0.2, 0) is 9.53 Å². The fourth-order valence-corrected chi connectivity index (χ4v) is 4.45. The van der Waals surface area contributed by atoms with Gasteiger partial charge >= 0.3 is 0 Å². The van der Waals surface area contributed by atoms with Crippen molar-refractivity contribution in [1.82, 2.24) is 10.2 Å². The predicted octanol–water partition coefficient (Wildman–Crippen LogP) is 2.77. The molecule has 1 aromatic heterocycles. The van der Waals surface area contributed by atoms with Gasteiger partial charge in [0.2, 0.25) is 5.91 Å². The Hall–Kier alpha value is -0.910. The quantitative estimate of drug-likeness (QED) is 0.909. The summed E-state index contributed by atoms with van der Waals surface area (Å²) in [5.41, 5.74) is -0.304. The molecule has 1 saturated carbocycles. The molecule has 1 saturated heterocycles. The first-order valence-corrected chi connectivity index (χ1v) is 8.65. The maximum Gasteiger partial charge on any atom is 0.244 e. The van der Waals surface area contributed by atoms with Gasteiger partial charge in [-0.1, -0.05) is 25.8 Å². The normalized spacial score (nSPS) is 25.9. The molecule has 3 rings (SSSR count). The van der Waals surface area contributed by atoms with Crippen molar-refractivity contribution in [1.29, 1.82) is 0 Å². The minimum absolute atomic E-state index is 0.0370. The largest absolute Gasteiger partial charge is 0.384 e. The van der Waals surface area contributed by atoms with Crippen LogP contribution in [0.5, 0.6) is 0 Å². The third-order valence-electron chi connectivity index (χ3n) is 4.62. The van der Waals surface area contributed by atoms with Crippen LogP contribution in [0.3, 0.4) is 0 Å². The molecule has 2 heterocycles. The van der Waals surface area contributed by atoms with Crippen LogP contribution in [0, 0.1) is 5.92 Å². The zero-order valence-electron chi connectivity index (χ0n) is 12.8. The average molecular weight is 308 g/mol. The Kier molecular flexibility index (Phi) is 4.33. The number of hydrogen-bond donors (Lipinski definition) is 1. The van der Waals surface area contributed by atoms with E-state index in [2.05, 4.69) is 29.8 Å². The Labute approximate surface area is 130 Å². The van der Waals surface area contributed by atoms with Crippen molar-refractivity contribution in [2.45, 2.75) is 44.3 Å². The minimum atomic E-state index is -0.304. The summed E-state index contributed by atoms with van der Waals surface area (Å²) in [6, 6.07) is 4.18. The molecule has 2 unspecified atom stereocenters. The highest BCUT2D eigenvalue weighted by atomic mass is 32.1. The van der Waals surface area contributed by atoms with Gasteiger partial charge < -0.3 is 9.64 Å². The van der Waals surface area contributed by atoms with E-state index in [0.29, 0.717) is 18.4 Å². The SMILES string of the molecule is COCC(C)CN1C(=O)C2(CCCC2)NC1c1cccs1. The molecule has 21 heavy (non-hydrogen) atoms. The second kappa shape index (κ2) is 6.07. The van der Waals surface area contributed by atoms with Crippen molar-refractivity contribution in [3.05, 3.63) is 22.4 Å². The van der Waals surface area contributed by atoms with Crippen LogP contribution in [0.15, 0.2) is 17.5 Å². The Morgan fingerprint density at radius 1 is 1.52 bits per heavy atom. The van der Waals surface area contributed by atoms with E-state index in [0.717, 1.165) is 32.2 Å². The lowest BCUT2D eigenvalue weighted by Crippen LogP contribution is -2.44. The molecule has 2 atom stereocenters. The molecular weight excluding hydrogens is 284 g/mol. The highest BCUT2D eigenvalue weighted by Gasteiger charge is 2.52. The Morgan fingerprint density at radius 2 is 2.29 bits per heavy atom. The molecule has 0 bridgehead atoms. The van der Waals surface area contributed by atoms with Crippen molar-refractivity contribution in [3.63, 3.8) is 0 Å². The molecule has 5 heteroatoms. The Morgan fingerprint density at radius 3 is 2.90 bits per heavy atom. The number of ether oxygens (including phenoxy) is 1. The van der Waals surface area contributed by atoms with Crippen molar-refractivity contribution < 1.29 is 9.53 Å². The summed E-state index contributed by atoms with van der Waals surface area (Å²) >= 11 is 1.72. The summed E-state index contributed by atoms with van der Waals surface area (Å²) < 4.78 is 5.24. The zero-order chi connectivity index (χ0) is 14.9. The zero-order valence-corrected chi connectivity index (χ0v) is 13.6. The van der Waals surface area contributed by atoms with Gasteiger partial charge in [-0.2, -0.15) is 0 Å². The number of nitrogens with one attached hydrogen (secondary N) is 1. The lowest BCUT2D eigenvalue weighted by atomic mass is 9.98. The summed E-state index contributed by atoms with van der Waals surface area (Å²) in [7, 11) is 1.72. The molecule has 1 N–H and O–H groups in total. The predicted molar refractivity (Wildman–Crippen MR) is 84.1 cm³/mol. The van der Waals surface area contributed by atoms with E-state index >= 15 is 0 Å². The van der Waals surface area contributed by atoms with E-state index in [1.807, 2.05) is 4.90 Å². The number of thiophene rings is 1. The van der Waals surface area contributed by atoms with Crippen molar-refractivity contribution in [3.8, 4) is 0 Å². The number of rotatable bonds is 5. The summed E-state index contributed by atoms with van der Waals surface area (Å²) in [5, 5.41) is 5.74. The first kappa shape index (κ1) is 15.0. The summed E-state index contributed by atoms with van der Waals surface area (Å²) in [6.45, 7) is 3.58. The number of methoxy groups -OCH3 is 1. The number of nitrogens with zero attached hydrogens (tertiary/aromatic N) is 1. The highest BCUT2D eigenvalue weighted by molar-refractivity contribution is 7.10. The third kappa shape index (κ3) is 2.74. The number of carbonyl (C=O) groups is 1. The fraction of sp³-hybridized carbons (Fsp3) is 0.688. The van der Waals surface area contributed by atoms with Gasteiger partial charge in [0.05, 0.1) is 12.1 Å². The van der Waals surface area contributed by atoms with E-state index in [4.69, 9.17) is 4.74 Å². The van der Waals surface area contributed by atoms with Gasteiger partial charge in [0, 0.05) is 18.5 Å². The first-order chi connectivity index (χ1) is 10.2. The lowest BCUT2D eigenvalue weighted by Gasteiger charge is -2.26. The number of carbonyl (C=O) groups excluding carboxylic acids is 1. The molecule has 2 aliphatic rings. The van der Waals surface area contributed by atoms with Crippen molar-refractivity contribution >= 4 is 17.2 Å². The minimum Gasteiger partial charge on any atom is -0.384 e. The summed E-state index contributed by atoms with van der Waals surface area (Å²) in [5.74, 6) is 0.640.